The van der Waals surface area contributed by atoms with Gasteiger partial charge < -0.3 is 5.32 Å². The number of carbonyl (C=O) groups excluding carboxylic acids is 1. The van der Waals surface area contributed by atoms with Gasteiger partial charge in [0, 0.05) is 18.3 Å². The molecule has 1 saturated heterocycles. The molecule has 0 aliphatic carbocycles. The van der Waals surface area contributed by atoms with Crippen molar-refractivity contribution in [1.82, 2.24) is 5.06 Å². The zero-order valence-corrected chi connectivity index (χ0v) is 11.0. The van der Waals surface area contributed by atoms with Crippen molar-refractivity contribution in [3.8, 4) is 0 Å². The Morgan fingerprint density at radius 3 is 2.78 bits per heavy atom. The largest absolute Gasteiger partial charge is 0.382 e. The van der Waals surface area contributed by atoms with E-state index in [1.807, 2.05) is 24.3 Å². The predicted octanol–water partition coefficient (Wildman–Crippen LogP) is 2.67. The molecule has 4 nitrogen and oxygen atoms in total. The molecule has 98 valence electrons. The minimum Gasteiger partial charge on any atom is -0.382 e. The van der Waals surface area contributed by atoms with Crippen molar-refractivity contribution < 1.29 is 9.63 Å². The van der Waals surface area contributed by atoms with Gasteiger partial charge in [0.1, 0.15) is 0 Å². The number of hydroxylamine groups is 2. The molecule has 1 fully saturated rings. The van der Waals surface area contributed by atoms with Gasteiger partial charge >= 0.3 is 0 Å². The van der Waals surface area contributed by atoms with Crippen LogP contribution < -0.4 is 5.32 Å². The molecule has 1 aliphatic rings. The minimum atomic E-state index is -0.0570. The van der Waals surface area contributed by atoms with Gasteiger partial charge in [-0.25, -0.2) is 5.06 Å². The highest BCUT2D eigenvalue weighted by Crippen LogP contribution is 2.20. The molecule has 2 rings (SSSR count). The summed E-state index contributed by atoms with van der Waals surface area (Å²) in [4.78, 5) is 17.8. The van der Waals surface area contributed by atoms with Crippen LogP contribution in [0.4, 0.5) is 5.69 Å². The molecule has 0 atom stereocenters. The van der Waals surface area contributed by atoms with Gasteiger partial charge in [-0.2, -0.15) is 0 Å². The number of para-hydroxylation sites is 1. The standard InChI is InChI=1S/C14H20N2O2/c1-11(2)15-13-8-4-3-7-12(13)14(17)16-9-5-6-10-18-16/h3-4,7-8,11,15H,5-6,9-10H2,1-2H3. The molecule has 4 heteroatoms. The molecule has 0 aromatic heterocycles. The smallest absolute Gasteiger partial charge is 0.279 e. The lowest BCUT2D eigenvalue weighted by Crippen LogP contribution is -2.36. The minimum absolute atomic E-state index is 0.0570. The first-order valence-electron chi connectivity index (χ1n) is 6.49. The van der Waals surface area contributed by atoms with E-state index in [9.17, 15) is 4.79 Å². The third-order valence-electron chi connectivity index (χ3n) is 2.83. The zero-order valence-electron chi connectivity index (χ0n) is 11.0. The number of nitrogens with one attached hydrogen (secondary N) is 1. The summed E-state index contributed by atoms with van der Waals surface area (Å²) in [7, 11) is 0. The van der Waals surface area contributed by atoms with Crippen molar-refractivity contribution in [2.75, 3.05) is 18.5 Å². The molecule has 1 N–H and O–H groups in total. The topological polar surface area (TPSA) is 41.6 Å². The average Bonchev–Trinajstić information content (AvgIpc) is 2.39. The van der Waals surface area contributed by atoms with Gasteiger partial charge in [0.2, 0.25) is 0 Å². The van der Waals surface area contributed by atoms with Gasteiger partial charge in [0.25, 0.3) is 5.91 Å². The summed E-state index contributed by atoms with van der Waals surface area (Å²) in [5.41, 5.74) is 1.54. The maximum Gasteiger partial charge on any atom is 0.279 e. The third-order valence-corrected chi connectivity index (χ3v) is 2.83. The van der Waals surface area contributed by atoms with E-state index >= 15 is 0 Å². The fourth-order valence-electron chi connectivity index (χ4n) is 2.00. The fourth-order valence-corrected chi connectivity index (χ4v) is 2.00. The summed E-state index contributed by atoms with van der Waals surface area (Å²) < 4.78 is 0. The predicted molar refractivity (Wildman–Crippen MR) is 71.4 cm³/mol. The Kier molecular flexibility index (Phi) is 4.20. The molecular formula is C14H20N2O2. The lowest BCUT2D eigenvalue weighted by Gasteiger charge is -2.27. The van der Waals surface area contributed by atoms with Crippen molar-refractivity contribution in [2.24, 2.45) is 0 Å². The van der Waals surface area contributed by atoms with Crippen LogP contribution in [0, 0.1) is 0 Å². The molecule has 1 aliphatic heterocycles. The van der Waals surface area contributed by atoms with Crippen molar-refractivity contribution in [3.05, 3.63) is 29.8 Å². The highest BCUT2D eigenvalue weighted by molar-refractivity contribution is 5.99. The van der Waals surface area contributed by atoms with E-state index < -0.39 is 0 Å². The highest BCUT2D eigenvalue weighted by atomic mass is 16.7. The molecule has 0 bridgehead atoms. The van der Waals surface area contributed by atoms with Gasteiger partial charge in [0.15, 0.2) is 0 Å². The lowest BCUT2D eigenvalue weighted by atomic mass is 10.1. The van der Waals surface area contributed by atoms with E-state index in [4.69, 9.17) is 4.84 Å². The summed E-state index contributed by atoms with van der Waals surface area (Å²) in [5.74, 6) is -0.0570. The van der Waals surface area contributed by atoms with Crippen molar-refractivity contribution in [2.45, 2.75) is 32.7 Å². The Balaban J connectivity index is 2.18. The molecule has 18 heavy (non-hydrogen) atoms. The van der Waals surface area contributed by atoms with E-state index in [1.54, 1.807) is 0 Å². The summed E-state index contributed by atoms with van der Waals surface area (Å²) in [6, 6.07) is 7.87. The molecule has 1 heterocycles. The SMILES string of the molecule is CC(C)Nc1ccccc1C(=O)N1CCCCO1. The number of rotatable bonds is 3. The second-order valence-corrected chi connectivity index (χ2v) is 4.79. The van der Waals surface area contributed by atoms with Crippen LogP contribution in [0.25, 0.3) is 0 Å². The molecule has 0 saturated carbocycles. The maximum absolute atomic E-state index is 12.4. The van der Waals surface area contributed by atoms with E-state index in [-0.39, 0.29) is 5.91 Å². The number of hydrogen-bond donors (Lipinski definition) is 1. The molecule has 0 radical (unpaired) electrons. The number of benzene rings is 1. The average molecular weight is 248 g/mol. The van der Waals surface area contributed by atoms with Crippen LogP contribution in [0.3, 0.4) is 0 Å². The van der Waals surface area contributed by atoms with Crippen molar-refractivity contribution in [1.29, 1.82) is 0 Å². The highest BCUT2D eigenvalue weighted by Gasteiger charge is 2.21. The van der Waals surface area contributed by atoms with Crippen LogP contribution >= 0.6 is 0 Å². The molecule has 1 aromatic rings. The van der Waals surface area contributed by atoms with Gasteiger partial charge in [-0.15, -0.1) is 0 Å². The second-order valence-electron chi connectivity index (χ2n) is 4.79. The van der Waals surface area contributed by atoms with Crippen LogP contribution in [0.15, 0.2) is 24.3 Å². The summed E-state index contributed by atoms with van der Waals surface area (Å²) in [6.07, 6.45) is 2.03. The van der Waals surface area contributed by atoms with Crippen LogP contribution in [0.5, 0.6) is 0 Å². The molecule has 0 unspecified atom stereocenters. The number of carbonyl (C=O) groups is 1. The van der Waals surface area contributed by atoms with Crippen LogP contribution in [0.1, 0.15) is 37.0 Å². The number of amides is 1. The fraction of sp³-hybridized carbons (Fsp3) is 0.500. The second kappa shape index (κ2) is 5.87. The van der Waals surface area contributed by atoms with Crippen LogP contribution in [-0.2, 0) is 4.84 Å². The van der Waals surface area contributed by atoms with Gasteiger partial charge in [-0.3, -0.25) is 9.63 Å². The summed E-state index contributed by atoms with van der Waals surface area (Å²) in [6.45, 7) is 5.41. The number of hydrogen-bond acceptors (Lipinski definition) is 3. The quantitative estimate of drug-likeness (QED) is 0.894. The first-order chi connectivity index (χ1) is 8.68. The Bertz CT molecular complexity index is 412. The maximum atomic E-state index is 12.4. The first-order valence-corrected chi connectivity index (χ1v) is 6.49. The van der Waals surface area contributed by atoms with Crippen molar-refractivity contribution in [3.63, 3.8) is 0 Å². The van der Waals surface area contributed by atoms with Crippen LogP contribution in [-0.4, -0.2) is 30.2 Å². The monoisotopic (exact) mass is 248 g/mol. The summed E-state index contributed by atoms with van der Waals surface area (Å²) >= 11 is 0. The summed E-state index contributed by atoms with van der Waals surface area (Å²) in [5, 5.41) is 4.77. The number of nitrogens with zero attached hydrogens (tertiary/aromatic N) is 1. The van der Waals surface area contributed by atoms with E-state index in [1.165, 1.54) is 5.06 Å². The third kappa shape index (κ3) is 3.01. The Morgan fingerprint density at radius 2 is 2.11 bits per heavy atom. The lowest BCUT2D eigenvalue weighted by molar-refractivity contribution is -0.144. The first kappa shape index (κ1) is 12.9. The van der Waals surface area contributed by atoms with E-state index in [0.29, 0.717) is 24.8 Å². The zero-order chi connectivity index (χ0) is 13.0. The van der Waals surface area contributed by atoms with Gasteiger partial charge in [-0.1, -0.05) is 12.1 Å². The Hall–Kier alpha value is -1.55. The van der Waals surface area contributed by atoms with E-state index in [0.717, 1.165) is 18.5 Å². The normalized spacial score (nSPS) is 15.8. The molecule has 0 spiro atoms. The van der Waals surface area contributed by atoms with Crippen molar-refractivity contribution >= 4 is 11.6 Å². The van der Waals surface area contributed by atoms with Gasteiger partial charge in [-0.05, 0) is 38.8 Å². The molecule has 1 amide bonds. The molecule has 1 aromatic carbocycles. The van der Waals surface area contributed by atoms with Crippen LogP contribution in [0.2, 0.25) is 0 Å². The Labute approximate surface area is 108 Å². The molecular weight excluding hydrogens is 228 g/mol. The number of anilines is 1. The van der Waals surface area contributed by atoms with E-state index in [2.05, 4.69) is 19.2 Å². The Morgan fingerprint density at radius 1 is 1.33 bits per heavy atom. The van der Waals surface area contributed by atoms with Gasteiger partial charge in [0.05, 0.1) is 12.2 Å².